The molecule has 0 aliphatic carbocycles. The summed E-state index contributed by atoms with van der Waals surface area (Å²) in [5, 5.41) is 3.29. The number of benzene rings is 2. The second kappa shape index (κ2) is 6.74. The van der Waals surface area contributed by atoms with Crippen LogP contribution in [0.2, 0.25) is 0 Å². The standard InChI is InChI=1S/C16H20N2O3/c1-19-13-8-7-11(9-15(13)21-3)10-18-12-5-4-6-14(20-2)16(12)17/h4-9,18H,10,17H2,1-3H3. The van der Waals surface area contributed by atoms with Gasteiger partial charge in [0.25, 0.3) is 0 Å². The van der Waals surface area contributed by atoms with Gasteiger partial charge in [0.05, 0.1) is 32.7 Å². The molecule has 0 spiro atoms. The molecule has 0 amide bonds. The summed E-state index contributed by atoms with van der Waals surface area (Å²) < 4.78 is 15.7. The molecule has 3 N–H and O–H groups in total. The largest absolute Gasteiger partial charge is 0.495 e. The number of hydrogen-bond acceptors (Lipinski definition) is 5. The van der Waals surface area contributed by atoms with Crippen LogP contribution in [0.5, 0.6) is 17.2 Å². The highest BCUT2D eigenvalue weighted by Crippen LogP contribution is 2.31. The molecule has 0 saturated carbocycles. The normalized spacial score (nSPS) is 10.0. The predicted octanol–water partition coefficient (Wildman–Crippen LogP) is 2.91. The van der Waals surface area contributed by atoms with E-state index in [1.807, 2.05) is 36.4 Å². The summed E-state index contributed by atoms with van der Waals surface area (Å²) >= 11 is 0. The highest BCUT2D eigenvalue weighted by molar-refractivity contribution is 5.72. The zero-order valence-electron chi connectivity index (χ0n) is 12.5. The van der Waals surface area contributed by atoms with Crippen LogP contribution in [0, 0.1) is 0 Å². The Morgan fingerprint density at radius 1 is 0.905 bits per heavy atom. The van der Waals surface area contributed by atoms with Crippen molar-refractivity contribution in [2.75, 3.05) is 32.4 Å². The summed E-state index contributed by atoms with van der Waals surface area (Å²) in [7, 11) is 4.84. The molecular formula is C16H20N2O3. The van der Waals surface area contributed by atoms with Gasteiger partial charge in [-0.1, -0.05) is 12.1 Å². The highest BCUT2D eigenvalue weighted by atomic mass is 16.5. The summed E-state index contributed by atoms with van der Waals surface area (Å²) in [5.41, 5.74) is 8.53. The van der Waals surface area contributed by atoms with E-state index in [4.69, 9.17) is 19.9 Å². The van der Waals surface area contributed by atoms with Crippen molar-refractivity contribution in [2.24, 2.45) is 0 Å². The zero-order valence-corrected chi connectivity index (χ0v) is 12.5. The molecule has 0 unspecified atom stereocenters. The van der Waals surface area contributed by atoms with E-state index in [1.165, 1.54) is 0 Å². The minimum atomic E-state index is 0.598. The first kappa shape index (κ1) is 14.8. The van der Waals surface area contributed by atoms with Crippen molar-refractivity contribution in [3.63, 3.8) is 0 Å². The minimum Gasteiger partial charge on any atom is -0.495 e. The molecule has 2 aromatic rings. The Morgan fingerprint density at radius 3 is 2.29 bits per heavy atom. The van der Waals surface area contributed by atoms with Gasteiger partial charge in [-0.3, -0.25) is 0 Å². The molecule has 5 heteroatoms. The quantitative estimate of drug-likeness (QED) is 0.800. The number of methoxy groups -OCH3 is 3. The van der Waals surface area contributed by atoms with Gasteiger partial charge in [-0.05, 0) is 29.8 Å². The molecule has 0 saturated heterocycles. The number of ether oxygens (including phenoxy) is 3. The fourth-order valence-corrected chi connectivity index (χ4v) is 2.06. The molecule has 2 aromatic carbocycles. The molecule has 0 aliphatic rings. The number of nitrogen functional groups attached to an aromatic ring is 1. The highest BCUT2D eigenvalue weighted by Gasteiger charge is 2.07. The van der Waals surface area contributed by atoms with Gasteiger partial charge in [-0.25, -0.2) is 0 Å². The molecule has 21 heavy (non-hydrogen) atoms. The molecule has 0 heterocycles. The van der Waals surface area contributed by atoms with Gasteiger partial charge in [-0.15, -0.1) is 0 Å². The summed E-state index contributed by atoms with van der Waals surface area (Å²) in [4.78, 5) is 0. The van der Waals surface area contributed by atoms with Crippen LogP contribution in [0.25, 0.3) is 0 Å². The number of hydrogen-bond donors (Lipinski definition) is 2. The van der Waals surface area contributed by atoms with Crippen LogP contribution in [0.4, 0.5) is 11.4 Å². The van der Waals surface area contributed by atoms with Crippen LogP contribution >= 0.6 is 0 Å². The van der Waals surface area contributed by atoms with Gasteiger partial charge in [0, 0.05) is 6.54 Å². The monoisotopic (exact) mass is 288 g/mol. The lowest BCUT2D eigenvalue weighted by Crippen LogP contribution is -2.04. The van der Waals surface area contributed by atoms with E-state index in [2.05, 4.69) is 5.32 Å². The van der Waals surface area contributed by atoms with E-state index in [-0.39, 0.29) is 0 Å². The first-order valence-electron chi connectivity index (χ1n) is 6.56. The van der Waals surface area contributed by atoms with Crippen molar-refractivity contribution in [1.82, 2.24) is 0 Å². The third-order valence-electron chi connectivity index (χ3n) is 3.22. The van der Waals surface area contributed by atoms with Crippen molar-refractivity contribution < 1.29 is 14.2 Å². The van der Waals surface area contributed by atoms with Gasteiger partial charge in [-0.2, -0.15) is 0 Å². The van der Waals surface area contributed by atoms with Crippen molar-refractivity contribution >= 4 is 11.4 Å². The molecule has 2 rings (SSSR count). The summed E-state index contributed by atoms with van der Waals surface area (Å²) in [6.45, 7) is 0.623. The van der Waals surface area contributed by atoms with Crippen LogP contribution in [0.1, 0.15) is 5.56 Å². The lowest BCUT2D eigenvalue weighted by atomic mass is 10.2. The molecule has 0 fully saturated rings. The maximum absolute atomic E-state index is 6.03. The van der Waals surface area contributed by atoms with Crippen molar-refractivity contribution in [3.8, 4) is 17.2 Å². The van der Waals surface area contributed by atoms with Gasteiger partial charge in [0.15, 0.2) is 11.5 Å². The first-order valence-corrected chi connectivity index (χ1v) is 6.56. The average Bonchev–Trinajstić information content (AvgIpc) is 2.53. The topological polar surface area (TPSA) is 65.7 Å². The summed E-state index contributed by atoms with van der Waals surface area (Å²) in [6, 6.07) is 11.4. The number of nitrogens with two attached hydrogens (primary N) is 1. The second-order valence-corrected chi connectivity index (χ2v) is 4.46. The number of anilines is 2. The Morgan fingerprint density at radius 2 is 1.62 bits per heavy atom. The number of nitrogens with one attached hydrogen (secondary N) is 1. The maximum atomic E-state index is 6.03. The third-order valence-corrected chi connectivity index (χ3v) is 3.22. The van der Waals surface area contributed by atoms with E-state index in [0.29, 0.717) is 29.5 Å². The fraction of sp³-hybridized carbons (Fsp3) is 0.250. The molecule has 0 aliphatic heterocycles. The molecular weight excluding hydrogens is 268 g/mol. The Bertz CT molecular complexity index is 614. The van der Waals surface area contributed by atoms with Gasteiger partial charge >= 0.3 is 0 Å². The van der Waals surface area contributed by atoms with Crippen molar-refractivity contribution in [2.45, 2.75) is 6.54 Å². The lowest BCUT2D eigenvalue weighted by Gasteiger charge is -2.13. The Hall–Kier alpha value is -2.56. The SMILES string of the molecule is COc1ccc(CNc2cccc(OC)c2N)cc1OC. The van der Waals surface area contributed by atoms with Crippen LogP contribution in [0.3, 0.4) is 0 Å². The van der Waals surface area contributed by atoms with Gasteiger partial charge < -0.3 is 25.3 Å². The van der Waals surface area contributed by atoms with E-state index in [1.54, 1.807) is 21.3 Å². The molecule has 0 radical (unpaired) electrons. The van der Waals surface area contributed by atoms with Crippen LogP contribution in [-0.4, -0.2) is 21.3 Å². The summed E-state index contributed by atoms with van der Waals surface area (Å²) in [6.07, 6.45) is 0. The van der Waals surface area contributed by atoms with E-state index in [9.17, 15) is 0 Å². The predicted molar refractivity (Wildman–Crippen MR) is 84.3 cm³/mol. The van der Waals surface area contributed by atoms with Crippen molar-refractivity contribution in [1.29, 1.82) is 0 Å². The molecule has 5 nitrogen and oxygen atoms in total. The zero-order chi connectivity index (χ0) is 15.2. The molecule has 0 atom stereocenters. The maximum Gasteiger partial charge on any atom is 0.161 e. The Labute approximate surface area is 124 Å². The third kappa shape index (κ3) is 3.31. The molecule has 112 valence electrons. The van der Waals surface area contributed by atoms with E-state index in [0.717, 1.165) is 11.3 Å². The Kier molecular flexibility index (Phi) is 4.77. The van der Waals surface area contributed by atoms with Crippen LogP contribution < -0.4 is 25.3 Å². The van der Waals surface area contributed by atoms with E-state index >= 15 is 0 Å². The first-order chi connectivity index (χ1) is 10.2. The Balaban J connectivity index is 2.13. The van der Waals surface area contributed by atoms with Gasteiger partial charge in [0.1, 0.15) is 5.75 Å². The average molecular weight is 288 g/mol. The van der Waals surface area contributed by atoms with Crippen LogP contribution in [0.15, 0.2) is 36.4 Å². The van der Waals surface area contributed by atoms with E-state index < -0.39 is 0 Å². The lowest BCUT2D eigenvalue weighted by molar-refractivity contribution is 0.354. The minimum absolute atomic E-state index is 0.598. The van der Waals surface area contributed by atoms with Gasteiger partial charge in [0.2, 0.25) is 0 Å². The molecule has 0 bridgehead atoms. The smallest absolute Gasteiger partial charge is 0.161 e. The number of para-hydroxylation sites is 1. The second-order valence-electron chi connectivity index (χ2n) is 4.46. The van der Waals surface area contributed by atoms with Crippen LogP contribution in [-0.2, 0) is 6.54 Å². The van der Waals surface area contributed by atoms with Crippen molar-refractivity contribution in [3.05, 3.63) is 42.0 Å². The summed E-state index contributed by atoms with van der Waals surface area (Å²) in [5.74, 6) is 2.07. The number of rotatable bonds is 6. The fourth-order valence-electron chi connectivity index (χ4n) is 2.06. The molecule has 0 aromatic heterocycles.